The van der Waals surface area contributed by atoms with E-state index < -0.39 is 0 Å². The van der Waals surface area contributed by atoms with Crippen molar-refractivity contribution >= 4 is 0 Å². The van der Waals surface area contributed by atoms with Gasteiger partial charge in [0.2, 0.25) is 0 Å². The van der Waals surface area contributed by atoms with Crippen LogP contribution in [0.4, 0.5) is 4.39 Å². The van der Waals surface area contributed by atoms with Crippen molar-refractivity contribution in [3.05, 3.63) is 41.0 Å². The summed E-state index contributed by atoms with van der Waals surface area (Å²) in [6.45, 7) is 5.70. The molecule has 0 aliphatic heterocycles. The van der Waals surface area contributed by atoms with Gasteiger partial charge in [0.25, 0.3) is 0 Å². The van der Waals surface area contributed by atoms with Crippen molar-refractivity contribution in [2.75, 3.05) is 0 Å². The second kappa shape index (κ2) is 3.46. The molecule has 0 spiro atoms. The average Bonchev–Trinajstić information content (AvgIpc) is 2.49. The number of aromatic nitrogens is 3. The van der Waals surface area contributed by atoms with Crippen molar-refractivity contribution in [1.29, 1.82) is 0 Å². The molecule has 0 aliphatic rings. The van der Waals surface area contributed by atoms with Gasteiger partial charge >= 0.3 is 0 Å². The summed E-state index contributed by atoms with van der Waals surface area (Å²) in [6.07, 6.45) is 0. The molecule has 78 valence electrons. The van der Waals surface area contributed by atoms with Gasteiger partial charge in [0.15, 0.2) is 0 Å². The quantitative estimate of drug-likeness (QED) is 0.715. The number of nitrogens with zero attached hydrogens (tertiary/aromatic N) is 3. The highest BCUT2D eigenvalue weighted by molar-refractivity contribution is 5.41. The number of hydrogen-bond acceptors (Lipinski definition) is 2. The average molecular weight is 205 g/mol. The highest BCUT2D eigenvalue weighted by atomic mass is 19.1. The standard InChI is InChI=1S/C11H12FN3/c1-7-6-10(12)4-5-11(7)15-9(3)8(2)13-14-15/h4-6H,1-3H3. The van der Waals surface area contributed by atoms with Gasteiger partial charge < -0.3 is 0 Å². The molecule has 1 aromatic carbocycles. The minimum absolute atomic E-state index is 0.231. The molecule has 0 atom stereocenters. The van der Waals surface area contributed by atoms with E-state index in [0.29, 0.717) is 0 Å². The van der Waals surface area contributed by atoms with Gasteiger partial charge in [-0.25, -0.2) is 9.07 Å². The number of rotatable bonds is 1. The molecule has 0 saturated heterocycles. The van der Waals surface area contributed by atoms with Gasteiger partial charge in [-0.15, -0.1) is 5.10 Å². The van der Waals surface area contributed by atoms with Crippen LogP contribution in [0.3, 0.4) is 0 Å². The second-order valence-corrected chi connectivity index (χ2v) is 3.60. The molecule has 0 unspecified atom stereocenters. The summed E-state index contributed by atoms with van der Waals surface area (Å²) in [5.41, 5.74) is 3.58. The SMILES string of the molecule is Cc1cc(F)ccc1-n1nnc(C)c1C. The van der Waals surface area contributed by atoms with E-state index in [-0.39, 0.29) is 5.82 Å². The molecule has 3 nitrogen and oxygen atoms in total. The van der Waals surface area contributed by atoms with Gasteiger partial charge in [0, 0.05) is 0 Å². The lowest BCUT2D eigenvalue weighted by Gasteiger charge is -2.06. The van der Waals surface area contributed by atoms with Crippen molar-refractivity contribution in [2.24, 2.45) is 0 Å². The molecule has 15 heavy (non-hydrogen) atoms. The molecule has 0 fully saturated rings. The van der Waals surface area contributed by atoms with Crippen molar-refractivity contribution in [2.45, 2.75) is 20.8 Å². The predicted molar refractivity (Wildman–Crippen MR) is 55.5 cm³/mol. The molecular formula is C11H12FN3. The van der Waals surface area contributed by atoms with Crippen molar-refractivity contribution in [3.8, 4) is 5.69 Å². The first-order valence-electron chi connectivity index (χ1n) is 4.75. The third kappa shape index (κ3) is 1.63. The first kappa shape index (κ1) is 9.83. The Labute approximate surface area is 87.5 Å². The summed E-state index contributed by atoms with van der Waals surface area (Å²) in [5.74, 6) is -0.231. The van der Waals surface area contributed by atoms with E-state index in [2.05, 4.69) is 10.3 Å². The zero-order valence-corrected chi connectivity index (χ0v) is 8.95. The largest absolute Gasteiger partial charge is 0.217 e. The highest BCUT2D eigenvalue weighted by Gasteiger charge is 2.08. The normalized spacial score (nSPS) is 10.7. The van der Waals surface area contributed by atoms with Crippen LogP contribution in [-0.4, -0.2) is 15.0 Å². The van der Waals surface area contributed by atoms with E-state index in [9.17, 15) is 4.39 Å². The van der Waals surface area contributed by atoms with Gasteiger partial charge in [-0.2, -0.15) is 0 Å². The number of halogens is 1. The Kier molecular flexibility index (Phi) is 2.26. The van der Waals surface area contributed by atoms with Crippen LogP contribution in [-0.2, 0) is 0 Å². The van der Waals surface area contributed by atoms with Gasteiger partial charge in [-0.05, 0) is 44.5 Å². The van der Waals surface area contributed by atoms with Crippen LogP contribution in [0.15, 0.2) is 18.2 Å². The Bertz CT molecular complexity index is 503. The van der Waals surface area contributed by atoms with Crippen LogP contribution in [0.2, 0.25) is 0 Å². The summed E-state index contributed by atoms with van der Waals surface area (Å²) in [4.78, 5) is 0. The summed E-state index contributed by atoms with van der Waals surface area (Å²) in [5, 5.41) is 8.00. The zero-order valence-electron chi connectivity index (χ0n) is 8.95. The third-order valence-corrected chi connectivity index (χ3v) is 2.51. The summed E-state index contributed by atoms with van der Waals surface area (Å²) >= 11 is 0. The Morgan fingerprint density at radius 1 is 1.20 bits per heavy atom. The molecule has 0 amide bonds. The van der Waals surface area contributed by atoms with Crippen molar-refractivity contribution in [1.82, 2.24) is 15.0 Å². The van der Waals surface area contributed by atoms with Gasteiger partial charge in [-0.1, -0.05) is 5.21 Å². The molecular weight excluding hydrogens is 193 g/mol. The number of hydrogen-bond donors (Lipinski definition) is 0. The molecule has 1 heterocycles. The van der Waals surface area contributed by atoms with E-state index in [4.69, 9.17) is 0 Å². The van der Waals surface area contributed by atoms with Crippen LogP contribution in [0.5, 0.6) is 0 Å². The van der Waals surface area contributed by atoms with Crippen LogP contribution in [0.25, 0.3) is 5.69 Å². The highest BCUT2D eigenvalue weighted by Crippen LogP contribution is 2.16. The van der Waals surface area contributed by atoms with E-state index >= 15 is 0 Å². The minimum Gasteiger partial charge on any atom is -0.217 e. The van der Waals surface area contributed by atoms with E-state index in [1.165, 1.54) is 12.1 Å². The summed E-state index contributed by atoms with van der Waals surface area (Å²) in [7, 11) is 0. The molecule has 0 aliphatic carbocycles. The minimum atomic E-state index is -0.231. The predicted octanol–water partition coefficient (Wildman–Crippen LogP) is 2.33. The molecule has 0 saturated carbocycles. The topological polar surface area (TPSA) is 30.7 Å². The maximum atomic E-state index is 12.9. The number of aryl methyl sites for hydroxylation is 2. The summed E-state index contributed by atoms with van der Waals surface area (Å²) < 4.78 is 14.6. The fourth-order valence-corrected chi connectivity index (χ4v) is 1.49. The fraction of sp³-hybridized carbons (Fsp3) is 0.273. The Morgan fingerprint density at radius 3 is 2.47 bits per heavy atom. The molecule has 0 bridgehead atoms. The van der Waals surface area contributed by atoms with Crippen molar-refractivity contribution < 1.29 is 4.39 Å². The molecule has 0 radical (unpaired) electrons. The molecule has 4 heteroatoms. The van der Waals surface area contributed by atoms with Gasteiger partial charge in [0.1, 0.15) is 5.82 Å². The van der Waals surface area contributed by atoms with E-state index in [0.717, 1.165) is 22.6 Å². The maximum absolute atomic E-state index is 12.9. The Morgan fingerprint density at radius 2 is 1.93 bits per heavy atom. The summed E-state index contributed by atoms with van der Waals surface area (Å²) in [6, 6.07) is 4.64. The zero-order chi connectivity index (χ0) is 11.0. The first-order chi connectivity index (χ1) is 7.09. The van der Waals surface area contributed by atoms with Crippen LogP contribution in [0, 0.1) is 26.6 Å². The lowest BCUT2D eigenvalue weighted by Crippen LogP contribution is -2.02. The Balaban J connectivity index is 2.59. The van der Waals surface area contributed by atoms with Gasteiger partial charge in [-0.3, -0.25) is 0 Å². The van der Waals surface area contributed by atoms with Crippen LogP contribution in [0.1, 0.15) is 17.0 Å². The van der Waals surface area contributed by atoms with Crippen molar-refractivity contribution in [3.63, 3.8) is 0 Å². The van der Waals surface area contributed by atoms with E-state index in [1.54, 1.807) is 10.7 Å². The monoisotopic (exact) mass is 205 g/mol. The molecule has 2 rings (SSSR count). The lowest BCUT2D eigenvalue weighted by molar-refractivity contribution is 0.625. The van der Waals surface area contributed by atoms with E-state index in [1.807, 2.05) is 20.8 Å². The second-order valence-electron chi connectivity index (χ2n) is 3.60. The van der Waals surface area contributed by atoms with Crippen LogP contribution >= 0.6 is 0 Å². The number of benzene rings is 1. The maximum Gasteiger partial charge on any atom is 0.123 e. The first-order valence-corrected chi connectivity index (χ1v) is 4.75. The third-order valence-electron chi connectivity index (χ3n) is 2.51. The molecule has 2 aromatic rings. The van der Waals surface area contributed by atoms with Gasteiger partial charge in [0.05, 0.1) is 17.1 Å². The lowest BCUT2D eigenvalue weighted by atomic mass is 10.2. The van der Waals surface area contributed by atoms with Crippen LogP contribution < -0.4 is 0 Å². The smallest absolute Gasteiger partial charge is 0.123 e. The molecule has 0 N–H and O–H groups in total. The Hall–Kier alpha value is -1.71. The fourth-order valence-electron chi connectivity index (χ4n) is 1.49. The molecule has 1 aromatic heterocycles.